The third kappa shape index (κ3) is 3.66. The van der Waals surface area contributed by atoms with Crippen molar-refractivity contribution in [1.82, 2.24) is 10.6 Å². The number of carbonyl (C=O) groups is 1. The van der Waals surface area contributed by atoms with Gasteiger partial charge in [-0.05, 0) is 16.7 Å². The molecule has 0 spiro atoms. The second kappa shape index (κ2) is 8.31. The number of hydrogen-bond donors (Lipinski definition) is 2. The van der Waals surface area contributed by atoms with Crippen LogP contribution in [-0.4, -0.2) is 30.9 Å². The molecule has 0 aliphatic carbocycles. The predicted octanol–water partition coefficient (Wildman–Crippen LogP) is 3.53. The van der Waals surface area contributed by atoms with E-state index in [1.165, 1.54) is 0 Å². The molecule has 2 N–H and O–H groups in total. The van der Waals surface area contributed by atoms with E-state index in [-0.39, 0.29) is 11.9 Å². The van der Waals surface area contributed by atoms with Crippen molar-refractivity contribution < 1.29 is 4.79 Å². The van der Waals surface area contributed by atoms with Gasteiger partial charge < -0.3 is 10.6 Å². The molecule has 0 fully saturated rings. The fraction of sp³-hybridized carbons (Fsp3) is 0.200. The second-order valence-corrected chi connectivity index (χ2v) is 7.32. The second-order valence-electron chi connectivity index (χ2n) is 7.32. The predicted molar refractivity (Wildman–Crippen MR) is 117 cm³/mol. The van der Waals surface area contributed by atoms with Crippen molar-refractivity contribution in [2.45, 2.75) is 18.4 Å². The van der Waals surface area contributed by atoms with Crippen molar-refractivity contribution in [2.75, 3.05) is 13.1 Å². The van der Waals surface area contributed by atoms with Gasteiger partial charge >= 0.3 is 0 Å². The Morgan fingerprint density at radius 3 is 1.66 bits per heavy atom. The largest absolute Gasteiger partial charge is 0.370 e. The molecule has 0 saturated carbocycles. The van der Waals surface area contributed by atoms with E-state index >= 15 is 0 Å². The average molecular weight is 383 g/mol. The molecule has 3 aromatic rings. The summed E-state index contributed by atoms with van der Waals surface area (Å²) in [7, 11) is 0. The quantitative estimate of drug-likeness (QED) is 0.663. The molecule has 146 valence electrons. The van der Waals surface area contributed by atoms with Crippen LogP contribution in [0.5, 0.6) is 0 Å². The highest BCUT2D eigenvalue weighted by Gasteiger charge is 2.42. The minimum atomic E-state index is -0.551. The third-order valence-corrected chi connectivity index (χ3v) is 5.37. The summed E-state index contributed by atoms with van der Waals surface area (Å²) in [6.07, 6.45) is 0. The standard InChI is InChI=1S/C25H25N3O/c1-19(29)28-23-17-26-24(27-18-23)25(20-11-5-2-6-12-20,21-13-7-3-8-14-21)22-15-9-4-10-16-22/h2-16,23H,17-18H2,1H3,(H,26,27)(H,28,29). The summed E-state index contributed by atoms with van der Waals surface area (Å²) in [6, 6.07) is 31.5. The lowest BCUT2D eigenvalue weighted by atomic mass is 9.68. The van der Waals surface area contributed by atoms with Gasteiger partial charge in [0, 0.05) is 13.5 Å². The van der Waals surface area contributed by atoms with Gasteiger partial charge in [-0.2, -0.15) is 0 Å². The zero-order valence-electron chi connectivity index (χ0n) is 16.5. The number of nitrogens with zero attached hydrogens (tertiary/aromatic N) is 1. The first kappa shape index (κ1) is 18.9. The van der Waals surface area contributed by atoms with Crippen molar-refractivity contribution >= 4 is 11.7 Å². The van der Waals surface area contributed by atoms with Crippen molar-refractivity contribution in [1.29, 1.82) is 0 Å². The van der Waals surface area contributed by atoms with Gasteiger partial charge in [0.25, 0.3) is 0 Å². The Balaban J connectivity index is 1.92. The summed E-state index contributed by atoms with van der Waals surface area (Å²) in [5.74, 6) is 0.874. The Bertz CT molecular complexity index is 888. The summed E-state index contributed by atoms with van der Waals surface area (Å²) in [6.45, 7) is 2.74. The third-order valence-electron chi connectivity index (χ3n) is 5.37. The van der Waals surface area contributed by atoms with Crippen LogP contribution in [0.15, 0.2) is 96.0 Å². The van der Waals surface area contributed by atoms with Crippen LogP contribution < -0.4 is 10.6 Å². The van der Waals surface area contributed by atoms with Crippen LogP contribution in [0.25, 0.3) is 0 Å². The lowest BCUT2D eigenvalue weighted by Gasteiger charge is -2.39. The molecule has 0 radical (unpaired) electrons. The van der Waals surface area contributed by atoms with Crippen LogP contribution in [0.1, 0.15) is 23.6 Å². The first-order valence-corrected chi connectivity index (χ1v) is 9.93. The fourth-order valence-electron chi connectivity index (χ4n) is 4.15. The molecular weight excluding hydrogens is 358 g/mol. The molecule has 1 amide bonds. The molecule has 0 aromatic heterocycles. The summed E-state index contributed by atoms with van der Waals surface area (Å²) in [5, 5.41) is 6.51. The van der Waals surface area contributed by atoms with Crippen molar-refractivity contribution in [3.05, 3.63) is 108 Å². The lowest BCUT2D eigenvalue weighted by molar-refractivity contribution is -0.119. The number of hydrogen-bond acceptors (Lipinski definition) is 3. The number of aliphatic imine (C=N–C) groups is 1. The summed E-state index contributed by atoms with van der Waals surface area (Å²) in [4.78, 5) is 16.4. The van der Waals surface area contributed by atoms with E-state index in [0.717, 1.165) is 22.5 Å². The highest BCUT2D eigenvalue weighted by Crippen LogP contribution is 2.40. The smallest absolute Gasteiger partial charge is 0.217 e. The van der Waals surface area contributed by atoms with E-state index in [1.54, 1.807) is 6.92 Å². The van der Waals surface area contributed by atoms with E-state index in [4.69, 9.17) is 4.99 Å². The van der Waals surface area contributed by atoms with Crippen LogP contribution >= 0.6 is 0 Å². The fourth-order valence-corrected chi connectivity index (χ4v) is 4.15. The molecule has 4 nitrogen and oxygen atoms in total. The van der Waals surface area contributed by atoms with Crippen LogP contribution in [0.2, 0.25) is 0 Å². The number of benzene rings is 3. The molecule has 0 bridgehead atoms. The van der Waals surface area contributed by atoms with E-state index in [2.05, 4.69) is 83.4 Å². The minimum absolute atomic E-state index is 0.00345. The molecule has 1 unspecified atom stereocenters. The number of rotatable bonds is 5. The van der Waals surface area contributed by atoms with Gasteiger partial charge in [0.1, 0.15) is 11.3 Å². The van der Waals surface area contributed by atoms with Crippen LogP contribution in [-0.2, 0) is 10.2 Å². The SMILES string of the molecule is CC(=O)NC1CN=C(C(c2ccccc2)(c2ccccc2)c2ccccc2)NC1. The lowest BCUT2D eigenvalue weighted by Crippen LogP contribution is -2.55. The Morgan fingerprint density at radius 2 is 1.31 bits per heavy atom. The molecule has 4 heteroatoms. The Labute approximate surface area is 171 Å². The summed E-state index contributed by atoms with van der Waals surface area (Å²) >= 11 is 0. The molecule has 1 atom stereocenters. The average Bonchev–Trinajstić information content (AvgIpc) is 2.77. The number of amides is 1. The summed E-state index contributed by atoms with van der Waals surface area (Å²) < 4.78 is 0. The first-order valence-electron chi connectivity index (χ1n) is 9.93. The maximum absolute atomic E-state index is 11.5. The van der Waals surface area contributed by atoms with Gasteiger partial charge in [0.05, 0.1) is 12.6 Å². The molecular formula is C25H25N3O. The minimum Gasteiger partial charge on any atom is -0.370 e. The van der Waals surface area contributed by atoms with Gasteiger partial charge in [-0.25, -0.2) is 0 Å². The van der Waals surface area contributed by atoms with Gasteiger partial charge in [-0.3, -0.25) is 9.79 Å². The number of carbonyl (C=O) groups excluding carboxylic acids is 1. The molecule has 4 rings (SSSR count). The molecule has 1 aliphatic rings. The monoisotopic (exact) mass is 383 g/mol. The van der Waals surface area contributed by atoms with E-state index < -0.39 is 5.41 Å². The number of nitrogens with one attached hydrogen (secondary N) is 2. The normalized spacial score (nSPS) is 16.4. The first-order chi connectivity index (χ1) is 14.2. The van der Waals surface area contributed by atoms with Gasteiger partial charge in [0.15, 0.2) is 0 Å². The molecule has 1 heterocycles. The molecule has 29 heavy (non-hydrogen) atoms. The number of amidine groups is 1. The topological polar surface area (TPSA) is 53.5 Å². The van der Waals surface area contributed by atoms with Gasteiger partial charge in [0.2, 0.25) is 5.91 Å². The van der Waals surface area contributed by atoms with Crippen LogP contribution in [0, 0.1) is 0 Å². The van der Waals surface area contributed by atoms with Crippen LogP contribution in [0.4, 0.5) is 0 Å². The highest BCUT2D eigenvalue weighted by atomic mass is 16.1. The van der Waals surface area contributed by atoms with E-state index in [9.17, 15) is 4.79 Å². The van der Waals surface area contributed by atoms with E-state index in [0.29, 0.717) is 13.1 Å². The Morgan fingerprint density at radius 1 is 0.862 bits per heavy atom. The van der Waals surface area contributed by atoms with Crippen molar-refractivity contribution in [3.8, 4) is 0 Å². The van der Waals surface area contributed by atoms with Crippen LogP contribution in [0.3, 0.4) is 0 Å². The van der Waals surface area contributed by atoms with Gasteiger partial charge in [-0.1, -0.05) is 91.0 Å². The maximum Gasteiger partial charge on any atom is 0.217 e. The molecule has 1 aliphatic heterocycles. The summed E-state index contributed by atoms with van der Waals surface area (Å²) in [5.41, 5.74) is 2.91. The zero-order chi connectivity index (χ0) is 20.1. The van der Waals surface area contributed by atoms with Crippen molar-refractivity contribution in [2.24, 2.45) is 4.99 Å². The zero-order valence-corrected chi connectivity index (χ0v) is 16.5. The Kier molecular flexibility index (Phi) is 5.43. The highest BCUT2D eigenvalue weighted by molar-refractivity contribution is 6.00. The molecule has 3 aromatic carbocycles. The molecule has 0 saturated heterocycles. The van der Waals surface area contributed by atoms with E-state index in [1.807, 2.05) is 18.2 Å². The maximum atomic E-state index is 11.5. The van der Waals surface area contributed by atoms with Gasteiger partial charge in [-0.15, -0.1) is 0 Å². The van der Waals surface area contributed by atoms with Crippen molar-refractivity contribution in [3.63, 3.8) is 0 Å². The Hall–Kier alpha value is -3.40.